The van der Waals surface area contributed by atoms with Gasteiger partial charge in [-0.3, -0.25) is 0 Å². The predicted molar refractivity (Wildman–Crippen MR) is 54.0 cm³/mol. The van der Waals surface area contributed by atoms with E-state index >= 15 is 0 Å². The molecule has 14 heavy (non-hydrogen) atoms. The van der Waals surface area contributed by atoms with Crippen LogP contribution >= 0.6 is 23.2 Å². The normalized spacial score (nSPS) is 15.3. The Hall–Kier alpha value is -1.17. The van der Waals surface area contributed by atoms with Crippen LogP contribution in [-0.4, -0.2) is 6.02 Å². The molecule has 1 aromatic rings. The van der Waals surface area contributed by atoms with Crippen LogP contribution in [0.15, 0.2) is 18.2 Å². The molecular formula is C7H6Cl2N4O. The van der Waals surface area contributed by atoms with Crippen LogP contribution in [0.5, 0.6) is 0 Å². The number of anilines is 1. The van der Waals surface area contributed by atoms with Gasteiger partial charge in [0.25, 0.3) is 0 Å². The summed E-state index contributed by atoms with van der Waals surface area (Å²) in [5.74, 6) is 0. The summed E-state index contributed by atoms with van der Waals surface area (Å²) in [6.07, 6.45) is 0. The van der Waals surface area contributed by atoms with Gasteiger partial charge in [-0.1, -0.05) is 29.3 Å². The van der Waals surface area contributed by atoms with Gasteiger partial charge in [-0.25, -0.2) is 10.8 Å². The van der Waals surface area contributed by atoms with Gasteiger partial charge in [0, 0.05) is 0 Å². The summed E-state index contributed by atoms with van der Waals surface area (Å²) < 4.78 is 0. The highest BCUT2D eigenvalue weighted by atomic mass is 35.5. The SMILES string of the molecule is N=C1NN(c2cccc(Cl)c2Cl)NO1. The Morgan fingerprint density at radius 2 is 2.14 bits per heavy atom. The fraction of sp³-hybridized carbons (Fsp3) is 0. The van der Waals surface area contributed by atoms with Crippen molar-refractivity contribution in [2.24, 2.45) is 0 Å². The van der Waals surface area contributed by atoms with Crippen molar-refractivity contribution in [3.05, 3.63) is 28.2 Å². The van der Waals surface area contributed by atoms with Crippen molar-refractivity contribution < 1.29 is 4.84 Å². The number of hydrogen-bond acceptors (Lipinski definition) is 4. The highest BCUT2D eigenvalue weighted by Crippen LogP contribution is 2.31. The summed E-state index contributed by atoms with van der Waals surface area (Å²) >= 11 is 11.8. The smallest absolute Gasteiger partial charge is 0.324 e. The first-order valence-corrected chi connectivity index (χ1v) is 4.46. The molecule has 0 aliphatic carbocycles. The summed E-state index contributed by atoms with van der Waals surface area (Å²) in [7, 11) is 0. The molecule has 2 rings (SSSR count). The zero-order valence-electron chi connectivity index (χ0n) is 6.84. The maximum absolute atomic E-state index is 7.14. The van der Waals surface area contributed by atoms with Gasteiger partial charge in [-0.15, -0.1) is 0 Å². The Kier molecular flexibility index (Phi) is 2.37. The lowest BCUT2D eigenvalue weighted by Gasteiger charge is -2.15. The van der Waals surface area contributed by atoms with Gasteiger partial charge in [0.2, 0.25) is 0 Å². The van der Waals surface area contributed by atoms with E-state index in [4.69, 9.17) is 28.6 Å². The van der Waals surface area contributed by atoms with Crippen molar-refractivity contribution >= 4 is 34.9 Å². The molecule has 0 bridgehead atoms. The number of amidine groups is 1. The standard InChI is InChI=1S/C7H6Cl2N4O/c8-4-2-1-3-5(6(4)9)13-11-7(10)14-12-13/h1-3,12H,(H2,10,11). The van der Waals surface area contributed by atoms with E-state index < -0.39 is 0 Å². The molecule has 1 aliphatic heterocycles. The van der Waals surface area contributed by atoms with E-state index in [9.17, 15) is 0 Å². The number of nitrogens with zero attached hydrogens (tertiary/aromatic N) is 1. The highest BCUT2D eigenvalue weighted by Gasteiger charge is 2.20. The monoisotopic (exact) mass is 232 g/mol. The number of rotatable bonds is 1. The molecule has 0 radical (unpaired) electrons. The Morgan fingerprint density at radius 3 is 2.79 bits per heavy atom. The molecule has 0 amide bonds. The van der Waals surface area contributed by atoms with Crippen LogP contribution in [0.25, 0.3) is 0 Å². The van der Waals surface area contributed by atoms with E-state index in [1.165, 1.54) is 5.12 Å². The molecule has 5 nitrogen and oxygen atoms in total. The lowest BCUT2D eigenvalue weighted by Crippen LogP contribution is -2.38. The third-order valence-electron chi connectivity index (χ3n) is 1.62. The molecule has 0 atom stereocenters. The molecule has 0 unspecified atom stereocenters. The van der Waals surface area contributed by atoms with Gasteiger partial charge in [0.15, 0.2) is 0 Å². The Balaban J connectivity index is 2.32. The third kappa shape index (κ3) is 1.57. The Labute approximate surface area is 89.9 Å². The molecule has 1 heterocycles. The van der Waals surface area contributed by atoms with Crippen molar-refractivity contribution in [2.45, 2.75) is 0 Å². The predicted octanol–water partition coefficient (Wildman–Crippen LogP) is 1.69. The second-order valence-electron chi connectivity index (χ2n) is 2.54. The molecule has 1 aliphatic rings. The number of benzene rings is 1. The third-order valence-corrected chi connectivity index (χ3v) is 2.43. The number of halogens is 2. The summed E-state index contributed by atoms with van der Waals surface area (Å²) in [4.78, 5) is 4.66. The molecule has 3 N–H and O–H groups in total. The van der Waals surface area contributed by atoms with E-state index in [0.29, 0.717) is 15.7 Å². The van der Waals surface area contributed by atoms with Crippen LogP contribution in [0.4, 0.5) is 5.69 Å². The molecular weight excluding hydrogens is 227 g/mol. The minimum Gasteiger partial charge on any atom is -0.348 e. The topological polar surface area (TPSA) is 60.4 Å². The van der Waals surface area contributed by atoms with Gasteiger partial charge < -0.3 is 4.84 Å². The van der Waals surface area contributed by atoms with Crippen molar-refractivity contribution in [3.8, 4) is 0 Å². The number of hydrogen-bond donors (Lipinski definition) is 3. The van der Waals surface area contributed by atoms with Crippen LogP contribution in [0.1, 0.15) is 0 Å². The molecule has 0 spiro atoms. The van der Waals surface area contributed by atoms with Crippen molar-refractivity contribution in [2.75, 3.05) is 5.12 Å². The zero-order chi connectivity index (χ0) is 10.1. The maximum Gasteiger partial charge on any atom is 0.324 e. The molecule has 1 aromatic carbocycles. The first-order chi connectivity index (χ1) is 6.68. The van der Waals surface area contributed by atoms with Crippen molar-refractivity contribution in [1.82, 2.24) is 11.0 Å². The average molecular weight is 233 g/mol. The largest absolute Gasteiger partial charge is 0.348 e. The van der Waals surface area contributed by atoms with E-state index in [-0.39, 0.29) is 6.02 Å². The van der Waals surface area contributed by atoms with Gasteiger partial charge in [-0.05, 0) is 17.7 Å². The Bertz CT molecular complexity index is 384. The van der Waals surface area contributed by atoms with Gasteiger partial charge in [0.1, 0.15) is 0 Å². The highest BCUT2D eigenvalue weighted by molar-refractivity contribution is 6.43. The van der Waals surface area contributed by atoms with Crippen molar-refractivity contribution in [3.63, 3.8) is 0 Å². The quantitative estimate of drug-likeness (QED) is 0.690. The van der Waals surface area contributed by atoms with Crippen LogP contribution in [0.2, 0.25) is 10.0 Å². The average Bonchev–Trinajstić information content (AvgIpc) is 2.57. The maximum atomic E-state index is 7.14. The molecule has 7 heteroatoms. The molecule has 74 valence electrons. The minimum absolute atomic E-state index is 0.110. The summed E-state index contributed by atoms with van der Waals surface area (Å²) in [5.41, 5.74) is 5.61. The van der Waals surface area contributed by atoms with Gasteiger partial charge >= 0.3 is 6.02 Å². The van der Waals surface area contributed by atoms with Crippen molar-refractivity contribution in [1.29, 1.82) is 5.41 Å². The fourth-order valence-electron chi connectivity index (χ4n) is 1.01. The summed E-state index contributed by atoms with van der Waals surface area (Å²) in [6.45, 7) is 0. The molecule has 1 fully saturated rings. The second-order valence-corrected chi connectivity index (χ2v) is 3.33. The van der Waals surface area contributed by atoms with Crippen LogP contribution in [0, 0.1) is 5.41 Å². The lowest BCUT2D eigenvalue weighted by molar-refractivity contribution is 0.208. The Morgan fingerprint density at radius 1 is 1.36 bits per heavy atom. The van der Waals surface area contributed by atoms with Crippen LogP contribution < -0.4 is 16.1 Å². The number of nitrogens with one attached hydrogen (secondary N) is 3. The second kappa shape index (κ2) is 3.53. The van der Waals surface area contributed by atoms with E-state index in [2.05, 4.69) is 15.9 Å². The molecule has 1 saturated heterocycles. The zero-order valence-corrected chi connectivity index (χ0v) is 8.36. The molecule has 0 saturated carbocycles. The van der Waals surface area contributed by atoms with Gasteiger partial charge in [0.05, 0.1) is 15.7 Å². The van der Waals surface area contributed by atoms with Gasteiger partial charge in [-0.2, -0.15) is 5.12 Å². The summed E-state index contributed by atoms with van der Waals surface area (Å²) in [5, 5.41) is 9.31. The van der Waals surface area contributed by atoms with Crippen LogP contribution in [-0.2, 0) is 4.84 Å². The van der Waals surface area contributed by atoms with E-state index in [1.807, 2.05) is 0 Å². The summed E-state index contributed by atoms with van der Waals surface area (Å²) in [6, 6.07) is 5.04. The first-order valence-electron chi connectivity index (χ1n) is 3.70. The van der Waals surface area contributed by atoms with E-state index in [0.717, 1.165) is 0 Å². The van der Waals surface area contributed by atoms with Crippen LogP contribution in [0.3, 0.4) is 0 Å². The molecule has 0 aromatic heterocycles. The minimum atomic E-state index is -0.110. The fourth-order valence-corrected chi connectivity index (χ4v) is 1.39. The number of hydrazine groups is 2. The lowest BCUT2D eigenvalue weighted by atomic mass is 10.3. The van der Waals surface area contributed by atoms with E-state index in [1.54, 1.807) is 18.2 Å². The first kappa shape index (κ1) is 9.39.